The number of nitrogens with one attached hydrogen (secondary N) is 1. The number of rotatable bonds is 5. The number of anilines is 1. The van der Waals surface area contributed by atoms with Gasteiger partial charge in [0.05, 0.1) is 0 Å². The Morgan fingerprint density at radius 2 is 1.69 bits per heavy atom. The normalized spacial score (nSPS) is 10.2. The van der Waals surface area contributed by atoms with E-state index in [1.54, 1.807) is 48.5 Å². The van der Waals surface area contributed by atoms with Crippen molar-refractivity contribution in [1.29, 1.82) is 0 Å². The Kier molecular flexibility index (Phi) is 5.52. The maximum absolute atomic E-state index is 12.3. The van der Waals surface area contributed by atoms with Crippen LogP contribution in [0.2, 0.25) is 0 Å². The van der Waals surface area contributed by atoms with Crippen LogP contribution in [-0.2, 0) is 0 Å². The smallest absolute Gasteiger partial charge is 0.339 e. The largest absolute Gasteiger partial charge is 0.478 e. The van der Waals surface area contributed by atoms with Crippen molar-refractivity contribution in [3.05, 3.63) is 87.5 Å². The number of halogens is 1. The van der Waals surface area contributed by atoms with E-state index in [1.807, 2.05) is 12.1 Å². The van der Waals surface area contributed by atoms with Crippen LogP contribution in [0.1, 0.15) is 20.7 Å². The summed E-state index contributed by atoms with van der Waals surface area (Å²) < 4.78 is 6.57. The molecule has 3 aromatic rings. The fourth-order valence-corrected chi connectivity index (χ4v) is 2.86. The van der Waals surface area contributed by atoms with Gasteiger partial charge >= 0.3 is 5.97 Å². The average molecular weight is 459 g/mol. The number of amides is 1. The van der Waals surface area contributed by atoms with E-state index in [2.05, 4.69) is 27.9 Å². The molecule has 0 bridgehead atoms. The molecule has 0 aliphatic carbocycles. The third kappa shape index (κ3) is 4.40. The number of hydrogen-bond donors (Lipinski definition) is 2. The summed E-state index contributed by atoms with van der Waals surface area (Å²) in [5.74, 6) is -0.709. The molecule has 5 nitrogen and oxygen atoms in total. The lowest BCUT2D eigenvalue weighted by atomic mass is 10.1. The number of carbonyl (C=O) groups is 2. The molecule has 0 radical (unpaired) electrons. The van der Waals surface area contributed by atoms with Crippen LogP contribution in [-0.4, -0.2) is 17.0 Å². The van der Waals surface area contributed by atoms with Crippen molar-refractivity contribution in [1.82, 2.24) is 0 Å². The van der Waals surface area contributed by atoms with Gasteiger partial charge in [0.2, 0.25) is 0 Å². The third-order valence-corrected chi connectivity index (χ3v) is 4.20. The summed E-state index contributed by atoms with van der Waals surface area (Å²) in [7, 11) is 0. The summed E-state index contributed by atoms with van der Waals surface area (Å²) in [5, 5.41) is 12.2. The molecule has 0 saturated carbocycles. The van der Waals surface area contributed by atoms with Crippen LogP contribution in [0.15, 0.2) is 72.8 Å². The van der Waals surface area contributed by atoms with Gasteiger partial charge in [-0.3, -0.25) is 4.79 Å². The lowest BCUT2D eigenvalue weighted by molar-refractivity contribution is 0.0694. The van der Waals surface area contributed by atoms with Gasteiger partial charge in [-0.2, -0.15) is 0 Å². The Morgan fingerprint density at radius 1 is 0.923 bits per heavy atom. The molecule has 2 N–H and O–H groups in total. The van der Waals surface area contributed by atoms with Crippen LogP contribution in [0.3, 0.4) is 0 Å². The van der Waals surface area contributed by atoms with Crippen LogP contribution >= 0.6 is 22.6 Å². The highest BCUT2D eigenvalue weighted by Crippen LogP contribution is 2.28. The Morgan fingerprint density at radius 3 is 2.38 bits per heavy atom. The maximum atomic E-state index is 12.3. The number of para-hydroxylation sites is 1. The quantitative estimate of drug-likeness (QED) is 0.525. The number of carbonyl (C=O) groups excluding carboxylic acids is 1. The predicted molar refractivity (Wildman–Crippen MR) is 107 cm³/mol. The van der Waals surface area contributed by atoms with Gasteiger partial charge in [-0.25, -0.2) is 4.79 Å². The number of ether oxygens (including phenoxy) is 1. The summed E-state index contributed by atoms with van der Waals surface area (Å²) in [4.78, 5) is 23.9. The van der Waals surface area contributed by atoms with Crippen LogP contribution in [0, 0.1) is 3.57 Å². The van der Waals surface area contributed by atoms with Gasteiger partial charge in [-0.15, -0.1) is 0 Å². The Labute approximate surface area is 163 Å². The van der Waals surface area contributed by atoms with Gasteiger partial charge in [-0.05, 0) is 71.1 Å². The van der Waals surface area contributed by atoms with Crippen LogP contribution in [0.4, 0.5) is 5.69 Å². The van der Waals surface area contributed by atoms with Crippen molar-refractivity contribution in [2.75, 3.05) is 5.32 Å². The summed E-state index contributed by atoms with van der Waals surface area (Å²) in [6.07, 6.45) is 0. The van der Waals surface area contributed by atoms with E-state index in [0.717, 1.165) is 3.57 Å². The Balaban J connectivity index is 1.84. The summed E-state index contributed by atoms with van der Waals surface area (Å²) >= 11 is 2.12. The molecule has 0 unspecified atom stereocenters. The van der Waals surface area contributed by atoms with E-state index in [-0.39, 0.29) is 17.2 Å². The molecule has 1 amide bonds. The topological polar surface area (TPSA) is 75.6 Å². The minimum absolute atomic E-state index is 0.0331. The molecule has 0 heterocycles. The van der Waals surface area contributed by atoms with E-state index >= 15 is 0 Å². The van der Waals surface area contributed by atoms with E-state index in [0.29, 0.717) is 17.0 Å². The highest BCUT2D eigenvalue weighted by atomic mass is 127. The van der Waals surface area contributed by atoms with Gasteiger partial charge in [0.25, 0.3) is 5.91 Å². The van der Waals surface area contributed by atoms with Crippen LogP contribution in [0.25, 0.3) is 0 Å². The minimum atomic E-state index is -1.14. The molecule has 6 heteroatoms. The molecule has 0 spiro atoms. The number of carboxylic acid groups (broad SMARTS) is 1. The molecule has 0 aliphatic heterocycles. The van der Waals surface area contributed by atoms with Crippen LogP contribution in [0.5, 0.6) is 11.5 Å². The van der Waals surface area contributed by atoms with E-state index in [9.17, 15) is 14.7 Å². The van der Waals surface area contributed by atoms with Crippen molar-refractivity contribution < 1.29 is 19.4 Å². The number of carboxylic acids is 1. The monoisotopic (exact) mass is 459 g/mol. The molecule has 0 atom stereocenters. The average Bonchev–Trinajstić information content (AvgIpc) is 2.63. The summed E-state index contributed by atoms with van der Waals surface area (Å²) in [6.45, 7) is 0. The lowest BCUT2D eigenvalue weighted by Gasteiger charge is -2.11. The second kappa shape index (κ2) is 8.01. The first kappa shape index (κ1) is 17.9. The molecule has 0 aliphatic rings. The first-order valence-corrected chi connectivity index (χ1v) is 8.78. The lowest BCUT2D eigenvalue weighted by Crippen LogP contribution is -2.12. The zero-order valence-electron chi connectivity index (χ0n) is 13.5. The van der Waals surface area contributed by atoms with Crippen molar-refractivity contribution in [2.24, 2.45) is 0 Å². The van der Waals surface area contributed by atoms with Gasteiger partial charge in [-0.1, -0.05) is 24.3 Å². The van der Waals surface area contributed by atoms with Gasteiger partial charge in [0.15, 0.2) is 0 Å². The highest BCUT2D eigenvalue weighted by Gasteiger charge is 2.15. The summed E-state index contributed by atoms with van der Waals surface area (Å²) in [5.41, 5.74) is 0.847. The zero-order valence-corrected chi connectivity index (χ0v) is 15.6. The van der Waals surface area contributed by atoms with Crippen molar-refractivity contribution >= 4 is 40.2 Å². The number of aromatic carboxylic acids is 1. The first-order valence-electron chi connectivity index (χ1n) is 7.70. The van der Waals surface area contributed by atoms with Crippen molar-refractivity contribution in [2.45, 2.75) is 0 Å². The van der Waals surface area contributed by atoms with Gasteiger partial charge < -0.3 is 15.2 Å². The Hall–Kier alpha value is -2.87. The molecular weight excluding hydrogens is 445 g/mol. The third-order valence-electron chi connectivity index (χ3n) is 3.53. The van der Waals surface area contributed by atoms with Gasteiger partial charge in [0.1, 0.15) is 17.1 Å². The predicted octanol–water partition coefficient (Wildman–Crippen LogP) is 5.03. The zero-order chi connectivity index (χ0) is 18.5. The SMILES string of the molecule is O=C(Nc1ccc(Oc2ccccc2)c(C(=O)O)c1)c1cccc(I)c1. The highest BCUT2D eigenvalue weighted by molar-refractivity contribution is 14.1. The molecule has 3 rings (SSSR count). The molecule has 26 heavy (non-hydrogen) atoms. The van der Waals surface area contributed by atoms with Crippen molar-refractivity contribution in [3.8, 4) is 11.5 Å². The summed E-state index contributed by atoms with van der Waals surface area (Å²) in [6, 6.07) is 20.5. The Bertz CT molecular complexity index is 957. The maximum Gasteiger partial charge on any atom is 0.339 e. The van der Waals surface area contributed by atoms with Crippen LogP contribution < -0.4 is 10.1 Å². The fourth-order valence-electron chi connectivity index (χ4n) is 2.31. The van der Waals surface area contributed by atoms with E-state index in [1.165, 1.54) is 12.1 Å². The van der Waals surface area contributed by atoms with E-state index < -0.39 is 5.97 Å². The van der Waals surface area contributed by atoms with E-state index in [4.69, 9.17) is 4.74 Å². The molecule has 3 aromatic carbocycles. The second-order valence-electron chi connectivity index (χ2n) is 5.40. The molecule has 0 aromatic heterocycles. The van der Waals surface area contributed by atoms with Gasteiger partial charge in [0, 0.05) is 14.8 Å². The molecule has 0 fully saturated rings. The standard InChI is InChI=1S/C20H14INO4/c21-14-6-4-5-13(11-14)19(23)22-15-9-10-18(17(12-15)20(24)25)26-16-7-2-1-3-8-16/h1-12H,(H,22,23)(H,24,25). The minimum Gasteiger partial charge on any atom is -0.478 e. The van der Waals surface area contributed by atoms with Crippen molar-refractivity contribution in [3.63, 3.8) is 0 Å². The molecular formula is C20H14INO4. The number of hydrogen-bond acceptors (Lipinski definition) is 3. The number of benzene rings is 3. The molecule has 130 valence electrons. The second-order valence-corrected chi connectivity index (χ2v) is 6.64. The first-order chi connectivity index (χ1) is 12.5. The fraction of sp³-hybridized carbons (Fsp3) is 0. The molecule has 0 saturated heterocycles.